The van der Waals surface area contributed by atoms with E-state index in [1.54, 1.807) is 6.92 Å². The molecule has 1 unspecified atom stereocenters. The Hall–Kier alpha value is -2.62. The van der Waals surface area contributed by atoms with Gasteiger partial charge >= 0.3 is 0 Å². The number of para-hydroxylation sites is 2. The third-order valence-electron chi connectivity index (χ3n) is 4.41. The first-order chi connectivity index (χ1) is 11.5. The van der Waals surface area contributed by atoms with Crippen LogP contribution in [0.15, 0.2) is 42.5 Å². The monoisotopic (exact) mass is 322 g/mol. The minimum Gasteiger partial charge on any atom is -0.342 e. The number of benzene rings is 2. The molecular formula is C20H24N3O+. The van der Waals surface area contributed by atoms with E-state index in [1.807, 2.05) is 19.1 Å². The number of nitrogens with one attached hydrogen (secondary N) is 2. The van der Waals surface area contributed by atoms with E-state index in [4.69, 9.17) is 0 Å². The third kappa shape index (κ3) is 3.18. The molecule has 0 aliphatic heterocycles. The van der Waals surface area contributed by atoms with E-state index >= 15 is 0 Å². The van der Waals surface area contributed by atoms with Crippen molar-refractivity contribution >= 4 is 16.9 Å². The zero-order chi connectivity index (χ0) is 17.3. The van der Waals surface area contributed by atoms with Gasteiger partial charge in [-0.05, 0) is 44.0 Å². The molecule has 3 aromatic rings. The van der Waals surface area contributed by atoms with Gasteiger partial charge in [-0.15, -0.1) is 0 Å². The molecule has 0 bridgehead atoms. The summed E-state index contributed by atoms with van der Waals surface area (Å²) < 4.78 is 2.26. The first-order valence-electron chi connectivity index (χ1n) is 8.29. The van der Waals surface area contributed by atoms with Crippen LogP contribution in [0.5, 0.6) is 0 Å². The number of rotatable bonds is 4. The Morgan fingerprint density at radius 1 is 1.21 bits per heavy atom. The molecule has 0 radical (unpaired) electrons. The molecule has 2 aromatic carbocycles. The molecule has 0 saturated carbocycles. The lowest BCUT2D eigenvalue weighted by atomic mass is 10.1. The normalized spacial score (nSPS) is 12.3. The number of hydrogen-bond acceptors (Lipinski definition) is 1. The first kappa shape index (κ1) is 16.2. The van der Waals surface area contributed by atoms with Crippen molar-refractivity contribution in [3.63, 3.8) is 0 Å². The van der Waals surface area contributed by atoms with Crippen molar-refractivity contribution in [2.45, 2.75) is 40.3 Å². The lowest BCUT2D eigenvalue weighted by molar-refractivity contribution is -0.671. The summed E-state index contributed by atoms with van der Waals surface area (Å²) in [7, 11) is 0. The van der Waals surface area contributed by atoms with E-state index in [0.717, 1.165) is 23.4 Å². The second kappa shape index (κ2) is 6.48. The SMILES string of the molecule is CC(=O)NC(C)c1[nH]c2ccccc2[n+]1Cc1cc(C)ccc1C. The van der Waals surface area contributed by atoms with Crippen molar-refractivity contribution in [1.82, 2.24) is 10.3 Å². The molecule has 4 nitrogen and oxygen atoms in total. The van der Waals surface area contributed by atoms with Crippen LogP contribution in [0.4, 0.5) is 0 Å². The molecule has 0 aliphatic carbocycles. The molecule has 0 fully saturated rings. The number of aromatic amines is 1. The predicted octanol–water partition coefficient (Wildman–Crippen LogP) is 3.32. The summed E-state index contributed by atoms with van der Waals surface area (Å²) in [5.74, 6) is 0.978. The smallest absolute Gasteiger partial charge is 0.278 e. The van der Waals surface area contributed by atoms with Crippen molar-refractivity contribution in [3.8, 4) is 0 Å². The lowest BCUT2D eigenvalue weighted by Crippen LogP contribution is -2.42. The number of amides is 1. The van der Waals surface area contributed by atoms with E-state index in [2.05, 4.69) is 59.0 Å². The molecule has 124 valence electrons. The van der Waals surface area contributed by atoms with Crippen LogP contribution >= 0.6 is 0 Å². The molecule has 0 spiro atoms. The molecule has 4 heteroatoms. The number of aromatic nitrogens is 2. The van der Waals surface area contributed by atoms with Gasteiger partial charge in [-0.1, -0.05) is 35.9 Å². The van der Waals surface area contributed by atoms with E-state index < -0.39 is 0 Å². The van der Waals surface area contributed by atoms with Gasteiger partial charge in [-0.25, -0.2) is 9.55 Å². The van der Waals surface area contributed by atoms with E-state index in [-0.39, 0.29) is 11.9 Å². The van der Waals surface area contributed by atoms with E-state index in [1.165, 1.54) is 16.7 Å². The molecule has 2 N–H and O–H groups in total. The van der Waals surface area contributed by atoms with Gasteiger partial charge < -0.3 is 5.32 Å². The summed E-state index contributed by atoms with van der Waals surface area (Å²) >= 11 is 0. The number of imidazole rings is 1. The van der Waals surface area contributed by atoms with Gasteiger partial charge in [0.15, 0.2) is 11.0 Å². The fraction of sp³-hybridized carbons (Fsp3) is 0.300. The topological polar surface area (TPSA) is 48.8 Å². The van der Waals surface area contributed by atoms with Gasteiger partial charge in [0.1, 0.15) is 12.6 Å². The van der Waals surface area contributed by atoms with Crippen LogP contribution in [-0.2, 0) is 11.3 Å². The van der Waals surface area contributed by atoms with Crippen molar-refractivity contribution in [2.24, 2.45) is 0 Å². The summed E-state index contributed by atoms with van der Waals surface area (Å²) in [6.45, 7) is 8.58. The number of nitrogens with zero attached hydrogens (tertiary/aromatic N) is 1. The molecule has 1 heterocycles. The van der Waals surface area contributed by atoms with Crippen LogP contribution in [0.3, 0.4) is 0 Å². The molecule has 1 atom stereocenters. The van der Waals surface area contributed by atoms with Crippen LogP contribution in [0.25, 0.3) is 11.0 Å². The second-order valence-corrected chi connectivity index (χ2v) is 6.47. The van der Waals surface area contributed by atoms with Crippen LogP contribution in [0.2, 0.25) is 0 Å². The summed E-state index contributed by atoms with van der Waals surface area (Å²) in [4.78, 5) is 14.9. The lowest BCUT2D eigenvalue weighted by Gasteiger charge is -2.11. The highest BCUT2D eigenvalue weighted by molar-refractivity contribution is 5.74. The van der Waals surface area contributed by atoms with Crippen LogP contribution in [-0.4, -0.2) is 10.9 Å². The molecular weight excluding hydrogens is 298 g/mol. The first-order valence-corrected chi connectivity index (χ1v) is 8.29. The minimum absolute atomic E-state index is 0.0283. The van der Waals surface area contributed by atoms with Gasteiger partial charge in [0.2, 0.25) is 5.91 Å². The Morgan fingerprint density at radius 3 is 2.71 bits per heavy atom. The highest BCUT2D eigenvalue weighted by atomic mass is 16.1. The molecule has 3 rings (SSSR count). The molecule has 1 aromatic heterocycles. The van der Waals surface area contributed by atoms with Gasteiger partial charge in [-0.3, -0.25) is 4.79 Å². The highest BCUT2D eigenvalue weighted by Crippen LogP contribution is 2.17. The fourth-order valence-electron chi connectivity index (χ4n) is 3.18. The molecule has 0 aliphatic rings. The van der Waals surface area contributed by atoms with Crippen LogP contribution < -0.4 is 9.88 Å². The Balaban J connectivity index is 2.10. The zero-order valence-electron chi connectivity index (χ0n) is 14.7. The van der Waals surface area contributed by atoms with Crippen LogP contribution in [0.1, 0.15) is 42.4 Å². The highest BCUT2D eigenvalue weighted by Gasteiger charge is 2.24. The molecule has 1 amide bonds. The second-order valence-electron chi connectivity index (χ2n) is 6.47. The third-order valence-corrected chi connectivity index (χ3v) is 4.41. The van der Waals surface area contributed by atoms with E-state index in [9.17, 15) is 4.79 Å². The number of carbonyl (C=O) groups is 1. The summed E-state index contributed by atoms with van der Waals surface area (Å²) in [5, 5.41) is 2.98. The predicted molar refractivity (Wildman–Crippen MR) is 95.7 cm³/mol. The Bertz CT molecular complexity index is 895. The summed E-state index contributed by atoms with van der Waals surface area (Å²) in [6.07, 6.45) is 0. The van der Waals surface area contributed by atoms with Gasteiger partial charge in [0, 0.05) is 6.92 Å². The van der Waals surface area contributed by atoms with Crippen molar-refractivity contribution in [3.05, 3.63) is 65.0 Å². The number of fused-ring (bicyclic) bond motifs is 1. The number of H-pyrrole nitrogens is 1. The number of aryl methyl sites for hydroxylation is 2. The van der Waals surface area contributed by atoms with Crippen molar-refractivity contribution in [2.75, 3.05) is 0 Å². The summed E-state index contributed by atoms with van der Waals surface area (Å²) in [6, 6.07) is 14.7. The Kier molecular flexibility index (Phi) is 4.38. The van der Waals surface area contributed by atoms with Gasteiger partial charge in [-0.2, -0.15) is 0 Å². The Labute approximate surface area is 142 Å². The molecule has 24 heavy (non-hydrogen) atoms. The van der Waals surface area contributed by atoms with Crippen molar-refractivity contribution in [1.29, 1.82) is 0 Å². The largest absolute Gasteiger partial charge is 0.342 e. The fourth-order valence-corrected chi connectivity index (χ4v) is 3.18. The number of hydrogen-bond donors (Lipinski definition) is 2. The van der Waals surface area contributed by atoms with Crippen LogP contribution in [0, 0.1) is 13.8 Å². The maximum atomic E-state index is 11.5. The van der Waals surface area contributed by atoms with Crippen molar-refractivity contribution < 1.29 is 9.36 Å². The minimum atomic E-state index is -0.0833. The standard InChI is InChI=1S/C20H23N3O/c1-13-9-10-14(2)17(11-13)12-23-19-8-6-5-7-18(19)22-20(23)15(3)21-16(4)24/h5-11,15H,12H2,1-4H3,(H,21,24)/p+1. The van der Waals surface area contributed by atoms with E-state index in [0.29, 0.717) is 0 Å². The van der Waals surface area contributed by atoms with Gasteiger partial charge in [0.05, 0.1) is 0 Å². The maximum Gasteiger partial charge on any atom is 0.278 e. The number of carbonyl (C=O) groups excluding carboxylic acids is 1. The molecule has 0 saturated heterocycles. The zero-order valence-corrected chi connectivity index (χ0v) is 14.7. The quantitative estimate of drug-likeness (QED) is 0.711. The average Bonchev–Trinajstić information content (AvgIpc) is 2.89. The average molecular weight is 322 g/mol. The Morgan fingerprint density at radius 2 is 1.96 bits per heavy atom. The summed E-state index contributed by atoms with van der Waals surface area (Å²) in [5.41, 5.74) is 6.05. The maximum absolute atomic E-state index is 11.5. The van der Waals surface area contributed by atoms with Gasteiger partial charge in [0.25, 0.3) is 5.82 Å².